The van der Waals surface area contributed by atoms with E-state index in [2.05, 4.69) is 16.8 Å². The molecule has 190 valence electrons. The topological polar surface area (TPSA) is 157 Å². The van der Waals surface area contributed by atoms with Gasteiger partial charge < -0.3 is 26.2 Å². The second-order valence-corrected chi connectivity index (χ2v) is 10.0. The first-order valence-electron chi connectivity index (χ1n) is 11.9. The number of hydrogen-bond acceptors (Lipinski definition) is 8. The van der Waals surface area contributed by atoms with Gasteiger partial charge in [-0.2, -0.15) is 0 Å². The van der Waals surface area contributed by atoms with Gasteiger partial charge in [0.25, 0.3) is 0 Å². The van der Waals surface area contributed by atoms with E-state index in [0.29, 0.717) is 16.7 Å². The van der Waals surface area contributed by atoms with Crippen LogP contribution in [0.5, 0.6) is 5.75 Å². The van der Waals surface area contributed by atoms with Crippen LogP contribution in [0.3, 0.4) is 0 Å². The van der Waals surface area contributed by atoms with Gasteiger partial charge in [-0.3, -0.25) is 19.5 Å². The standard InChI is InChI=1S/C28H27N3O6/c1-31(2)23-19-11-16-10-17-15(6-5-14-4-3-9-30-13-14)7-8-20(32)22(17)25(34)21(16)26(35)28(19,37)12-18(24(23)33)27(29)36/h3-4,7-9,13,16,19,23,32-33,35,37H,10-12H2,1-2H3,(H2,29,36). The van der Waals surface area contributed by atoms with Crippen molar-refractivity contribution in [3.63, 3.8) is 0 Å². The molecule has 0 saturated heterocycles. The fourth-order valence-corrected chi connectivity index (χ4v) is 6.03. The van der Waals surface area contributed by atoms with Gasteiger partial charge in [0.05, 0.1) is 17.2 Å². The molecule has 1 aromatic heterocycles. The van der Waals surface area contributed by atoms with Crippen molar-refractivity contribution in [1.82, 2.24) is 9.88 Å². The Kier molecular flexibility index (Phi) is 5.82. The quantitative estimate of drug-likeness (QED) is 0.390. The molecule has 5 rings (SSSR count). The smallest absolute Gasteiger partial charge is 0.248 e. The number of likely N-dealkylation sites (N-methyl/N-ethyl adjacent to an activating group) is 1. The number of ketones is 1. The van der Waals surface area contributed by atoms with Crippen molar-refractivity contribution in [2.45, 2.75) is 30.9 Å². The van der Waals surface area contributed by atoms with Crippen LogP contribution in [0, 0.1) is 23.7 Å². The first-order chi connectivity index (χ1) is 17.5. The number of pyridine rings is 1. The SMILES string of the molecule is CN(C)C1C(O)=C(C(N)=O)CC2(O)C(O)=C3C(=O)c4c(O)ccc(C#Cc5cccnc5)c4CC3CC12. The van der Waals surface area contributed by atoms with Crippen molar-refractivity contribution in [3.05, 3.63) is 81.6 Å². The molecule has 4 unspecified atom stereocenters. The van der Waals surface area contributed by atoms with Crippen molar-refractivity contribution in [2.24, 2.45) is 17.6 Å². The van der Waals surface area contributed by atoms with E-state index in [-0.39, 0.29) is 41.1 Å². The van der Waals surface area contributed by atoms with E-state index in [0.717, 1.165) is 0 Å². The number of nitrogens with zero attached hydrogens (tertiary/aromatic N) is 2. The zero-order valence-corrected chi connectivity index (χ0v) is 20.4. The highest BCUT2D eigenvalue weighted by molar-refractivity contribution is 6.13. The zero-order valence-electron chi connectivity index (χ0n) is 20.4. The summed E-state index contributed by atoms with van der Waals surface area (Å²) in [4.78, 5) is 31.5. The lowest BCUT2D eigenvalue weighted by molar-refractivity contribution is -0.118. The average molecular weight is 502 g/mol. The number of Topliss-reactive ketones (excluding diaryl/α,β-unsaturated/α-hetero) is 1. The van der Waals surface area contributed by atoms with Gasteiger partial charge in [0.15, 0.2) is 5.78 Å². The lowest BCUT2D eigenvalue weighted by Gasteiger charge is -2.51. The predicted molar refractivity (Wildman–Crippen MR) is 134 cm³/mol. The summed E-state index contributed by atoms with van der Waals surface area (Å²) in [5.74, 6) is 2.32. The number of aliphatic hydroxyl groups is 3. The molecule has 9 heteroatoms. The Morgan fingerprint density at radius 3 is 2.59 bits per heavy atom. The number of primary amides is 1. The van der Waals surface area contributed by atoms with Gasteiger partial charge in [-0.1, -0.05) is 11.8 Å². The van der Waals surface area contributed by atoms with Crippen LogP contribution in [0.15, 0.2) is 59.3 Å². The molecule has 2 aromatic rings. The molecule has 37 heavy (non-hydrogen) atoms. The molecule has 0 saturated carbocycles. The fraction of sp³-hybridized carbons (Fsp3) is 0.321. The minimum Gasteiger partial charge on any atom is -0.510 e. The maximum absolute atomic E-state index is 13.7. The Hall–Kier alpha value is -4.13. The number of benzene rings is 1. The summed E-state index contributed by atoms with van der Waals surface area (Å²) in [6.07, 6.45) is 3.37. The molecule has 0 radical (unpaired) electrons. The first kappa shape index (κ1) is 24.6. The van der Waals surface area contributed by atoms with Gasteiger partial charge in [0.2, 0.25) is 5.91 Å². The lowest BCUT2D eigenvalue weighted by Crippen LogP contribution is -2.59. The van der Waals surface area contributed by atoms with Gasteiger partial charge in [0.1, 0.15) is 22.9 Å². The molecule has 4 atom stereocenters. The number of hydrogen-bond donors (Lipinski definition) is 5. The molecule has 1 aromatic carbocycles. The summed E-state index contributed by atoms with van der Waals surface area (Å²) in [5, 5.41) is 44.6. The largest absolute Gasteiger partial charge is 0.510 e. The van der Waals surface area contributed by atoms with E-state index < -0.39 is 47.3 Å². The van der Waals surface area contributed by atoms with Crippen LogP contribution in [0.25, 0.3) is 0 Å². The third-order valence-electron chi connectivity index (χ3n) is 7.71. The first-order valence-corrected chi connectivity index (χ1v) is 11.9. The number of rotatable bonds is 2. The number of phenolic OH excluding ortho intramolecular Hbond substituents is 1. The summed E-state index contributed by atoms with van der Waals surface area (Å²) in [7, 11) is 3.38. The van der Waals surface area contributed by atoms with Crippen molar-refractivity contribution in [2.75, 3.05) is 14.1 Å². The maximum atomic E-state index is 13.7. The molecule has 0 fully saturated rings. The van der Waals surface area contributed by atoms with Crippen molar-refractivity contribution in [1.29, 1.82) is 0 Å². The van der Waals surface area contributed by atoms with Crippen LogP contribution in [0.4, 0.5) is 0 Å². The van der Waals surface area contributed by atoms with Crippen molar-refractivity contribution >= 4 is 11.7 Å². The van der Waals surface area contributed by atoms with E-state index in [1.54, 1.807) is 43.5 Å². The predicted octanol–water partition coefficient (Wildman–Crippen LogP) is 1.74. The summed E-state index contributed by atoms with van der Waals surface area (Å²) in [6, 6.07) is 5.80. The summed E-state index contributed by atoms with van der Waals surface area (Å²) >= 11 is 0. The molecule has 0 aliphatic heterocycles. The summed E-state index contributed by atoms with van der Waals surface area (Å²) in [6.45, 7) is 0. The summed E-state index contributed by atoms with van der Waals surface area (Å²) < 4.78 is 0. The molecule has 1 heterocycles. The van der Waals surface area contributed by atoms with Crippen LogP contribution >= 0.6 is 0 Å². The highest BCUT2D eigenvalue weighted by Crippen LogP contribution is 2.53. The van der Waals surface area contributed by atoms with E-state index in [1.165, 1.54) is 6.07 Å². The van der Waals surface area contributed by atoms with E-state index in [9.17, 15) is 30.0 Å². The maximum Gasteiger partial charge on any atom is 0.248 e. The van der Waals surface area contributed by atoms with Crippen molar-refractivity contribution < 1.29 is 30.0 Å². The molecule has 1 amide bonds. The van der Waals surface area contributed by atoms with E-state index in [4.69, 9.17) is 5.73 Å². The number of aromatic hydroxyl groups is 1. The molecule has 0 spiro atoms. The van der Waals surface area contributed by atoms with Crippen LogP contribution in [-0.4, -0.2) is 67.7 Å². The Morgan fingerprint density at radius 1 is 1.19 bits per heavy atom. The second-order valence-electron chi connectivity index (χ2n) is 10.0. The normalized spacial score (nSPS) is 26.7. The third kappa shape index (κ3) is 3.77. The average Bonchev–Trinajstić information content (AvgIpc) is 2.85. The van der Waals surface area contributed by atoms with Crippen molar-refractivity contribution in [3.8, 4) is 17.6 Å². The number of amides is 1. The number of phenols is 1. The van der Waals surface area contributed by atoms with Crippen LogP contribution in [-0.2, 0) is 11.2 Å². The highest BCUT2D eigenvalue weighted by atomic mass is 16.3. The zero-order chi connectivity index (χ0) is 26.6. The molecule has 6 N–H and O–H groups in total. The highest BCUT2D eigenvalue weighted by Gasteiger charge is 2.58. The van der Waals surface area contributed by atoms with E-state index in [1.807, 2.05) is 6.07 Å². The molecule has 3 aliphatic rings. The molecule has 3 aliphatic carbocycles. The Balaban J connectivity index is 1.64. The Labute approximate surface area is 213 Å². The number of aliphatic hydroxyl groups excluding tert-OH is 2. The van der Waals surface area contributed by atoms with Gasteiger partial charge in [0, 0.05) is 41.4 Å². The number of carbonyl (C=O) groups excluding carboxylic acids is 2. The Bertz CT molecular complexity index is 1450. The van der Waals surface area contributed by atoms with Crippen LogP contribution in [0.2, 0.25) is 0 Å². The monoisotopic (exact) mass is 501 g/mol. The van der Waals surface area contributed by atoms with Gasteiger partial charge in [-0.15, -0.1) is 0 Å². The van der Waals surface area contributed by atoms with Gasteiger partial charge >= 0.3 is 0 Å². The van der Waals surface area contributed by atoms with Gasteiger partial charge in [-0.25, -0.2) is 0 Å². The number of fused-ring (bicyclic) bond motifs is 3. The number of aromatic nitrogens is 1. The molecule has 0 bridgehead atoms. The number of carbonyl (C=O) groups is 2. The third-order valence-corrected chi connectivity index (χ3v) is 7.71. The number of nitrogens with two attached hydrogens (primary N) is 1. The minimum atomic E-state index is -1.99. The number of allylic oxidation sites excluding steroid dienone is 1. The summed E-state index contributed by atoms with van der Waals surface area (Å²) in [5.41, 5.74) is 5.14. The van der Waals surface area contributed by atoms with Gasteiger partial charge in [-0.05, 0) is 62.7 Å². The fourth-order valence-electron chi connectivity index (χ4n) is 6.03. The lowest BCUT2D eigenvalue weighted by atomic mass is 9.59. The second kappa shape index (κ2) is 8.76. The molecular formula is C28H27N3O6. The van der Waals surface area contributed by atoms with Crippen LogP contribution in [0.1, 0.15) is 39.9 Å². The van der Waals surface area contributed by atoms with E-state index >= 15 is 0 Å². The molecular weight excluding hydrogens is 474 g/mol. The molecule has 9 nitrogen and oxygen atoms in total. The Morgan fingerprint density at radius 2 is 1.95 bits per heavy atom. The van der Waals surface area contributed by atoms with Crippen LogP contribution < -0.4 is 5.73 Å². The minimum absolute atomic E-state index is 0.00151.